The minimum Gasteiger partial charge on any atom is -0.497 e. The van der Waals surface area contributed by atoms with E-state index in [1.54, 1.807) is 7.11 Å². The van der Waals surface area contributed by atoms with Crippen LogP contribution in [0.25, 0.3) is 10.9 Å². The van der Waals surface area contributed by atoms with Crippen LogP contribution in [0.4, 0.5) is 0 Å². The Kier molecular flexibility index (Phi) is 4.66. The van der Waals surface area contributed by atoms with Crippen molar-refractivity contribution in [1.29, 1.82) is 0 Å². The van der Waals surface area contributed by atoms with Gasteiger partial charge in [-0.3, -0.25) is 4.79 Å². The monoisotopic (exact) mass is 341 g/mol. The Morgan fingerprint density at radius 1 is 1.24 bits per heavy atom. The molecule has 2 fully saturated rings. The van der Waals surface area contributed by atoms with Crippen LogP contribution in [-0.2, 0) is 0 Å². The summed E-state index contributed by atoms with van der Waals surface area (Å²) in [5, 5.41) is 4.16. The number of aromatic nitrogens is 1. The molecule has 25 heavy (non-hydrogen) atoms. The van der Waals surface area contributed by atoms with E-state index in [4.69, 9.17) is 4.74 Å². The average Bonchev–Trinajstić information content (AvgIpc) is 3.09. The maximum atomic E-state index is 12.6. The number of carbonyl (C=O) groups excluding carboxylic acids is 1. The molecule has 0 radical (unpaired) electrons. The molecule has 0 aliphatic carbocycles. The van der Waals surface area contributed by atoms with Gasteiger partial charge in [-0.15, -0.1) is 0 Å². The molecule has 2 aliphatic rings. The lowest BCUT2D eigenvalue weighted by atomic mass is 9.83. The second kappa shape index (κ2) is 7.08. The van der Waals surface area contributed by atoms with Crippen molar-refractivity contribution in [2.24, 2.45) is 5.92 Å². The van der Waals surface area contributed by atoms with Crippen LogP contribution in [0.1, 0.15) is 42.6 Å². The number of carbonyl (C=O) groups is 1. The van der Waals surface area contributed by atoms with Crippen molar-refractivity contribution >= 4 is 16.8 Å². The molecular weight excluding hydrogens is 314 g/mol. The van der Waals surface area contributed by atoms with Crippen LogP contribution in [-0.4, -0.2) is 48.6 Å². The molecule has 3 heterocycles. The molecule has 4 rings (SSSR count). The van der Waals surface area contributed by atoms with Gasteiger partial charge in [0.1, 0.15) is 11.4 Å². The first kappa shape index (κ1) is 16.5. The van der Waals surface area contributed by atoms with Gasteiger partial charge in [-0.1, -0.05) is 6.42 Å². The number of benzene rings is 1. The highest BCUT2D eigenvalue weighted by Gasteiger charge is 2.33. The molecule has 0 spiro atoms. The van der Waals surface area contributed by atoms with Gasteiger partial charge in [0.2, 0.25) is 0 Å². The molecule has 2 saturated heterocycles. The molecule has 1 aromatic carbocycles. The third-order valence-electron chi connectivity index (χ3n) is 5.83. The normalized spacial score (nSPS) is 24.0. The molecule has 1 amide bonds. The van der Waals surface area contributed by atoms with Gasteiger partial charge >= 0.3 is 0 Å². The zero-order valence-electron chi connectivity index (χ0n) is 14.9. The third-order valence-corrected chi connectivity index (χ3v) is 5.83. The molecule has 1 aromatic heterocycles. The number of piperidine rings is 2. The van der Waals surface area contributed by atoms with Crippen LogP contribution in [0.5, 0.6) is 5.75 Å². The van der Waals surface area contributed by atoms with Crippen molar-refractivity contribution in [3.63, 3.8) is 0 Å². The first-order chi connectivity index (χ1) is 12.2. The Labute approximate surface area is 148 Å². The molecule has 0 bridgehead atoms. The van der Waals surface area contributed by atoms with E-state index in [0.717, 1.165) is 23.2 Å². The zero-order valence-corrected chi connectivity index (χ0v) is 14.9. The van der Waals surface area contributed by atoms with Gasteiger partial charge in [-0.05, 0) is 69.0 Å². The summed E-state index contributed by atoms with van der Waals surface area (Å²) in [6.45, 7) is 3.25. The topological polar surface area (TPSA) is 57.4 Å². The van der Waals surface area contributed by atoms with Crippen LogP contribution >= 0.6 is 0 Å². The summed E-state index contributed by atoms with van der Waals surface area (Å²) in [4.78, 5) is 18.4. The number of fused-ring (bicyclic) bond motifs is 2. The Morgan fingerprint density at radius 2 is 2.12 bits per heavy atom. The summed E-state index contributed by atoms with van der Waals surface area (Å²) in [7, 11) is 1.65. The number of rotatable bonds is 4. The molecule has 5 nitrogen and oxygen atoms in total. The highest BCUT2D eigenvalue weighted by molar-refractivity contribution is 5.98. The van der Waals surface area contributed by atoms with Crippen LogP contribution in [0, 0.1) is 5.92 Å². The van der Waals surface area contributed by atoms with E-state index in [0.29, 0.717) is 17.7 Å². The summed E-state index contributed by atoms with van der Waals surface area (Å²) in [6, 6.07) is 8.37. The van der Waals surface area contributed by atoms with Crippen LogP contribution < -0.4 is 10.1 Å². The number of hydrogen-bond acceptors (Lipinski definition) is 3. The van der Waals surface area contributed by atoms with E-state index in [1.165, 1.54) is 45.2 Å². The standard InChI is InChI=1S/C20H27N3O2/c1-25-16-7-8-17-15(11-16)12-18(22-17)20(24)21-13-14-5-4-10-23-9-3-2-6-19(14)23/h7-8,11-12,14,19,22H,2-6,9-10,13H2,1H3,(H,21,24). The number of methoxy groups -OCH3 is 1. The number of amides is 1. The lowest BCUT2D eigenvalue weighted by Crippen LogP contribution is -2.51. The SMILES string of the molecule is COc1ccc2[nH]c(C(=O)NCC3CCCN4CCCCC34)cc2c1. The third kappa shape index (κ3) is 3.38. The zero-order chi connectivity index (χ0) is 17.2. The molecule has 134 valence electrons. The second-order valence-electron chi connectivity index (χ2n) is 7.35. The molecule has 2 aromatic rings. The van der Waals surface area contributed by atoms with Gasteiger partial charge in [-0.2, -0.15) is 0 Å². The number of nitrogens with one attached hydrogen (secondary N) is 2. The van der Waals surface area contributed by atoms with Crippen LogP contribution in [0.2, 0.25) is 0 Å². The number of hydrogen-bond donors (Lipinski definition) is 2. The predicted octanol–water partition coefficient (Wildman–Crippen LogP) is 3.17. The number of ether oxygens (including phenoxy) is 1. The van der Waals surface area contributed by atoms with Gasteiger partial charge in [-0.25, -0.2) is 0 Å². The van der Waals surface area contributed by atoms with Gasteiger partial charge in [0.05, 0.1) is 7.11 Å². The maximum absolute atomic E-state index is 12.6. The van der Waals surface area contributed by atoms with E-state index in [-0.39, 0.29) is 5.91 Å². The first-order valence-electron chi connectivity index (χ1n) is 9.43. The van der Waals surface area contributed by atoms with Crippen molar-refractivity contribution < 1.29 is 9.53 Å². The van der Waals surface area contributed by atoms with Crippen molar-refractivity contribution in [2.75, 3.05) is 26.7 Å². The number of nitrogens with zero attached hydrogens (tertiary/aromatic N) is 1. The van der Waals surface area contributed by atoms with E-state index in [1.807, 2.05) is 24.3 Å². The van der Waals surface area contributed by atoms with Crippen molar-refractivity contribution in [2.45, 2.75) is 38.1 Å². The lowest BCUT2D eigenvalue weighted by Gasteiger charge is -2.44. The fourth-order valence-electron chi connectivity index (χ4n) is 4.49. The van der Waals surface area contributed by atoms with E-state index < -0.39 is 0 Å². The van der Waals surface area contributed by atoms with E-state index in [2.05, 4.69) is 15.2 Å². The Morgan fingerprint density at radius 3 is 3.00 bits per heavy atom. The molecular formula is C20H27N3O2. The molecule has 2 atom stereocenters. The highest BCUT2D eigenvalue weighted by atomic mass is 16.5. The van der Waals surface area contributed by atoms with Crippen molar-refractivity contribution in [3.8, 4) is 5.75 Å². The van der Waals surface area contributed by atoms with Crippen molar-refractivity contribution in [3.05, 3.63) is 30.0 Å². The van der Waals surface area contributed by atoms with Gasteiger partial charge < -0.3 is 19.9 Å². The minimum absolute atomic E-state index is 0.0110. The summed E-state index contributed by atoms with van der Waals surface area (Å²) in [5.41, 5.74) is 1.58. The van der Waals surface area contributed by atoms with Crippen LogP contribution in [0.15, 0.2) is 24.3 Å². The van der Waals surface area contributed by atoms with Gasteiger partial charge in [0.25, 0.3) is 5.91 Å². The predicted molar refractivity (Wildman–Crippen MR) is 99.1 cm³/mol. The summed E-state index contributed by atoms with van der Waals surface area (Å²) in [5.74, 6) is 1.38. The molecule has 5 heteroatoms. The maximum Gasteiger partial charge on any atom is 0.267 e. The summed E-state index contributed by atoms with van der Waals surface area (Å²) in [6.07, 6.45) is 6.42. The quantitative estimate of drug-likeness (QED) is 0.898. The number of H-pyrrole nitrogens is 1. The van der Waals surface area contributed by atoms with Gasteiger partial charge in [0.15, 0.2) is 0 Å². The van der Waals surface area contributed by atoms with Crippen molar-refractivity contribution in [1.82, 2.24) is 15.2 Å². The Balaban J connectivity index is 1.41. The largest absolute Gasteiger partial charge is 0.497 e. The molecule has 2 aliphatic heterocycles. The minimum atomic E-state index is -0.0110. The fraction of sp³-hybridized carbons (Fsp3) is 0.550. The lowest BCUT2D eigenvalue weighted by molar-refractivity contribution is 0.0575. The second-order valence-corrected chi connectivity index (χ2v) is 7.35. The number of aromatic amines is 1. The fourth-order valence-corrected chi connectivity index (χ4v) is 4.49. The van der Waals surface area contributed by atoms with E-state index >= 15 is 0 Å². The summed E-state index contributed by atoms with van der Waals surface area (Å²) >= 11 is 0. The average molecular weight is 341 g/mol. The van der Waals surface area contributed by atoms with E-state index in [9.17, 15) is 4.79 Å². The van der Waals surface area contributed by atoms with Crippen LogP contribution in [0.3, 0.4) is 0 Å². The first-order valence-corrected chi connectivity index (χ1v) is 9.43. The highest BCUT2D eigenvalue weighted by Crippen LogP contribution is 2.30. The molecule has 2 N–H and O–H groups in total. The molecule has 2 unspecified atom stereocenters. The Hall–Kier alpha value is -2.01. The van der Waals surface area contributed by atoms with Gasteiger partial charge in [0, 0.05) is 23.5 Å². The summed E-state index contributed by atoms with van der Waals surface area (Å²) < 4.78 is 5.25. The smallest absolute Gasteiger partial charge is 0.267 e. The molecule has 0 saturated carbocycles. The Bertz CT molecular complexity index is 752.